The maximum atomic E-state index is 13.7. The van der Waals surface area contributed by atoms with Gasteiger partial charge in [-0.2, -0.15) is 0 Å². The first kappa shape index (κ1) is 15.4. The molecule has 0 N–H and O–H groups in total. The predicted octanol–water partition coefficient (Wildman–Crippen LogP) is 4.64. The first-order valence-electron chi connectivity index (χ1n) is 6.45. The van der Waals surface area contributed by atoms with Crippen molar-refractivity contribution >= 4 is 17.4 Å². The number of carbonyl (C=O) groups is 1. The molecule has 2 aromatic carbocycles. The van der Waals surface area contributed by atoms with Crippen molar-refractivity contribution in [1.82, 2.24) is 0 Å². The van der Waals surface area contributed by atoms with E-state index in [1.54, 1.807) is 12.1 Å². The lowest BCUT2D eigenvalue weighted by Gasteiger charge is -2.07. The second-order valence-corrected chi connectivity index (χ2v) is 4.86. The maximum absolute atomic E-state index is 13.7. The molecule has 0 bridgehead atoms. The second-order valence-electron chi connectivity index (χ2n) is 4.45. The third-order valence-electron chi connectivity index (χ3n) is 2.84. The fraction of sp³-hybridized carbons (Fsp3) is 0.188. The van der Waals surface area contributed by atoms with Gasteiger partial charge in [0.2, 0.25) is 0 Å². The van der Waals surface area contributed by atoms with Gasteiger partial charge in [0.15, 0.2) is 5.78 Å². The Kier molecular flexibility index (Phi) is 4.91. The molecule has 0 saturated heterocycles. The van der Waals surface area contributed by atoms with Crippen molar-refractivity contribution in [3.05, 3.63) is 64.2 Å². The number of hydrogen-bond donors (Lipinski definition) is 0. The molecule has 0 atom stereocenters. The van der Waals surface area contributed by atoms with Gasteiger partial charge >= 0.3 is 0 Å². The van der Waals surface area contributed by atoms with Crippen LogP contribution in [-0.4, -0.2) is 12.4 Å². The van der Waals surface area contributed by atoms with Crippen LogP contribution in [0.15, 0.2) is 36.4 Å². The molecule has 2 rings (SSSR count). The standard InChI is InChI=1S/C16H13ClF2O2/c1-2-7-21-11-5-3-10(4-6-11)16(20)12-8-15(19)13(17)9-14(12)18/h3-6,8-9H,2,7H2,1H3. The van der Waals surface area contributed by atoms with E-state index in [0.29, 0.717) is 12.4 Å². The van der Waals surface area contributed by atoms with Gasteiger partial charge in [-0.15, -0.1) is 0 Å². The van der Waals surface area contributed by atoms with Gasteiger partial charge in [-0.25, -0.2) is 8.78 Å². The Bertz CT molecular complexity index is 654. The second kappa shape index (κ2) is 6.68. The molecule has 110 valence electrons. The zero-order valence-electron chi connectivity index (χ0n) is 11.3. The monoisotopic (exact) mass is 310 g/mol. The van der Waals surface area contributed by atoms with E-state index < -0.39 is 17.4 Å². The number of carbonyl (C=O) groups excluding carboxylic acids is 1. The largest absolute Gasteiger partial charge is 0.494 e. The van der Waals surface area contributed by atoms with Crippen molar-refractivity contribution in [3.8, 4) is 5.75 Å². The van der Waals surface area contributed by atoms with Crippen LogP contribution in [0.2, 0.25) is 5.02 Å². The van der Waals surface area contributed by atoms with Crippen LogP contribution < -0.4 is 4.74 Å². The highest BCUT2D eigenvalue weighted by Gasteiger charge is 2.17. The van der Waals surface area contributed by atoms with E-state index >= 15 is 0 Å². The Morgan fingerprint density at radius 3 is 2.43 bits per heavy atom. The molecule has 0 saturated carbocycles. The highest BCUT2D eigenvalue weighted by Crippen LogP contribution is 2.22. The van der Waals surface area contributed by atoms with Gasteiger partial charge in [0, 0.05) is 5.56 Å². The normalized spacial score (nSPS) is 10.5. The van der Waals surface area contributed by atoms with E-state index in [-0.39, 0.29) is 16.1 Å². The van der Waals surface area contributed by atoms with E-state index in [1.165, 1.54) is 12.1 Å². The lowest BCUT2D eigenvalue weighted by atomic mass is 10.0. The SMILES string of the molecule is CCCOc1ccc(C(=O)c2cc(F)c(Cl)cc2F)cc1. The van der Waals surface area contributed by atoms with Crippen LogP contribution in [0, 0.1) is 11.6 Å². The maximum Gasteiger partial charge on any atom is 0.196 e. The molecular weight excluding hydrogens is 298 g/mol. The minimum Gasteiger partial charge on any atom is -0.494 e. The summed E-state index contributed by atoms with van der Waals surface area (Å²) in [7, 11) is 0. The molecule has 0 aliphatic carbocycles. The molecule has 0 radical (unpaired) electrons. The Morgan fingerprint density at radius 2 is 1.81 bits per heavy atom. The van der Waals surface area contributed by atoms with Gasteiger partial charge < -0.3 is 4.74 Å². The van der Waals surface area contributed by atoms with Crippen LogP contribution in [0.25, 0.3) is 0 Å². The van der Waals surface area contributed by atoms with Crippen LogP contribution in [0.3, 0.4) is 0 Å². The molecule has 2 nitrogen and oxygen atoms in total. The van der Waals surface area contributed by atoms with E-state index in [0.717, 1.165) is 18.6 Å². The molecule has 0 unspecified atom stereocenters. The molecule has 5 heteroatoms. The quantitative estimate of drug-likeness (QED) is 0.594. The minimum absolute atomic E-state index is 0.250. The first-order chi connectivity index (χ1) is 10.0. The topological polar surface area (TPSA) is 26.3 Å². The summed E-state index contributed by atoms with van der Waals surface area (Å²) in [4.78, 5) is 12.2. The zero-order valence-corrected chi connectivity index (χ0v) is 12.1. The van der Waals surface area contributed by atoms with Gasteiger partial charge in [0.05, 0.1) is 17.2 Å². The number of hydrogen-bond acceptors (Lipinski definition) is 2. The number of benzene rings is 2. The van der Waals surface area contributed by atoms with Crippen LogP contribution in [-0.2, 0) is 0 Å². The molecule has 2 aromatic rings. The molecule has 21 heavy (non-hydrogen) atoms. The molecule has 0 aliphatic rings. The summed E-state index contributed by atoms with van der Waals surface area (Å²) < 4.78 is 32.5. The van der Waals surface area contributed by atoms with Crippen LogP contribution >= 0.6 is 11.6 Å². The van der Waals surface area contributed by atoms with E-state index in [2.05, 4.69) is 0 Å². The fourth-order valence-electron chi connectivity index (χ4n) is 1.77. The summed E-state index contributed by atoms with van der Waals surface area (Å²) in [5.41, 5.74) is -0.0985. The predicted molar refractivity (Wildman–Crippen MR) is 77.0 cm³/mol. The van der Waals surface area contributed by atoms with Crippen LogP contribution in [0.5, 0.6) is 5.75 Å². The molecule has 0 aliphatic heterocycles. The summed E-state index contributed by atoms with van der Waals surface area (Å²) in [6, 6.07) is 7.86. The van der Waals surface area contributed by atoms with E-state index in [1.807, 2.05) is 6.92 Å². The van der Waals surface area contributed by atoms with Crippen LogP contribution in [0.1, 0.15) is 29.3 Å². The Morgan fingerprint density at radius 1 is 1.14 bits per heavy atom. The van der Waals surface area contributed by atoms with E-state index in [4.69, 9.17) is 16.3 Å². The highest BCUT2D eigenvalue weighted by molar-refractivity contribution is 6.30. The van der Waals surface area contributed by atoms with Crippen molar-refractivity contribution in [2.75, 3.05) is 6.61 Å². The molecule has 0 heterocycles. The summed E-state index contributed by atoms with van der Waals surface area (Å²) in [5.74, 6) is -1.66. The summed E-state index contributed by atoms with van der Waals surface area (Å²) in [6.07, 6.45) is 0.871. The van der Waals surface area contributed by atoms with Crippen molar-refractivity contribution in [1.29, 1.82) is 0 Å². The van der Waals surface area contributed by atoms with Gasteiger partial charge in [-0.1, -0.05) is 18.5 Å². The van der Waals surface area contributed by atoms with Crippen molar-refractivity contribution in [3.63, 3.8) is 0 Å². The smallest absolute Gasteiger partial charge is 0.196 e. The summed E-state index contributed by atoms with van der Waals surface area (Å²) in [6.45, 7) is 2.56. The number of halogens is 3. The number of ketones is 1. The van der Waals surface area contributed by atoms with Crippen molar-refractivity contribution in [2.24, 2.45) is 0 Å². The number of rotatable bonds is 5. The molecule has 0 aromatic heterocycles. The third-order valence-corrected chi connectivity index (χ3v) is 3.13. The zero-order chi connectivity index (χ0) is 15.4. The van der Waals surface area contributed by atoms with Gasteiger partial charge in [-0.3, -0.25) is 4.79 Å². The Hall–Kier alpha value is -1.94. The van der Waals surface area contributed by atoms with Gasteiger partial charge in [0.25, 0.3) is 0 Å². The van der Waals surface area contributed by atoms with Crippen molar-refractivity contribution in [2.45, 2.75) is 13.3 Å². The molecule has 0 spiro atoms. The Balaban J connectivity index is 2.26. The van der Waals surface area contributed by atoms with Crippen molar-refractivity contribution < 1.29 is 18.3 Å². The first-order valence-corrected chi connectivity index (χ1v) is 6.83. The lowest BCUT2D eigenvalue weighted by Crippen LogP contribution is -2.05. The average molecular weight is 311 g/mol. The van der Waals surface area contributed by atoms with E-state index in [9.17, 15) is 13.6 Å². The van der Waals surface area contributed by atoms with Crippen LogP contribution in [0.4, 0.5) is 8.78 Å². The summed E-state index contributed by atoms with van der Waals surface area (Å²) >= 11 is 5.46. The fourth-order valence-corrected chi connectivity index (χ4v) is 1.92. The van der Waals surface area contributed by atoms with Gasteiger partial charge in [0.1, 0.15) is 17.4 Å². The number of ether oxygens (including phenoxy) is 1. The lowest BCUT2D eigenvalue weighted by molar-refractivity contribution is 0.103. The molecule has 0 amide bonds. The Labute approximate surface area is 126 Å². The minimum atomic E-state index is -0.849. The highest BCUT2D eigenvalue weighted by atomic mass is 35.5. The third kappa shape index (κ3) is 3.58. The van der Waals surface area contributed by atoms with Gasteiger partial charge in [-0.05, 0) is 42.8 Å². The average Bonchev–Trinajstić information content (AvgIpc) is 2.48. The molecule has 0 fully saturated rings. The molecular formula is C16H13ClF2O2. The summed E-state index contributed by atoms with van der Waals surface area (Å²) in [5, 5.41) is -0.354.